The summed E-state index contributed by atoms with van der Waals surface area (Å²) >= 11 is 11.1. The maximum atomic E-state index is 14.0. The first-order valence-electron chi connectivity index (χ1n) is 37.2. The predicted octanol–water partition coefficient (Wildman–Crippen LogP) is 22.3. The van der Waals surface area contributed by atoms with Gasteiger partial charge in [0.2, 0.25) is 0 Å². The summed E-state index contributed by atoms with van der Waals surface area (Å²) in [4.78, 5) is 73.7. The second-order valence-corrected chi connectivity index (χ2v) is 43.9. The summed E-state index contributed by atoms with van der Waals surface area (Å²) in [5, 5.41) is 8.14. The topological polar surface area (TPSA) is 74.8 Å². The molecule has 1 saturated carbocycles. The lowest BCUT2D eigenvalue weighted by Crippen LogP contribution is -2.65. The van der Waals surface area contributed by atoms with Gasteiger partial charge in [0.25, 0.3) is 23.6 Å². The summed E-state index contributed by atoms with van der Waals surface area (Å²) in [5.41, 5.74) is 4.98. The van der Waals surface area contributed by atoms with Crippen molar-refractivity contribution in [2.75, 3.05) is 13.1 Å². The van der Waals surface area contributed by atoms with Crippen LogP contribution in [0.5, 0.6) is 0 Å². The van der Waals surface area contributed by atoms with Gasteiger partial charge in [0.05, 0.1) is 32.0 Å². The van der Waals surface area contributed by atoms with Crippen molar-refractivity contribution in [3.05, 3.63) is 95.9 Å². The number of nitrogens with zero attached hydrogens (tertiary/aromatic N) is 2. The third-order valence-corrected chi connectivity index (χ3v) is 41.3. The van der Waals surface area contributed by atoms with Gasteiger partial charge in [-0.3, -0.25) is 29.0 Å². The Morgan fingerprint density at radius 2 is 0.840 bits per heavy atom. The van der Waals surface area contributed by atoms with Crippen LogP contribution in [0.25, 0.3) is 39.0 Å². The van der Waals surface area contributed by atoms with Gasteiger partial charge in [0, 0.05) is 61.9 Å². The lowest BCUT2D eigenvalue weighted by atomic mass is 10.00. The summed E-state index contributed by atoms with van der Waals surface area (Å²) in [6.07, 6.45) is 34.4. The minimum absolute atomic E-state index is 0.0504. The highest BCUT2D eigenvalue weighted by atomic mass is 32.1. The summed E-state index contributed by atoms with van der Waals surface area (Å²) < 4.78 is 0. The number of thiophene rings is 6. The van der Waals surface area contributed by atoms with Crippen molar-refractivity contribution in [2.24, 2.45) is 11.8 Å². The molecule has 7 aromatic rings. The SMILES string of the molecule is CCCCCCCCN1C(=O)c2c(C)sc(-c3cc4c(s3)-c3sc(C)cc3[Si]4(CC(CC)CCCC)C3CCCCC3)c2C1=O.CCCCCCCCN1C(=O)c2c(C)sc(-c3cc4c(s3)-c3sc(C)cc3[Si]4(CC(CC)CCCC)c3ccc(CCCC)cc3)c2C1=O. The molecule has 4 aliphatic heterocycles. The zero-order valence-corrected chi connectivity index (χ0v) is 65.9. The second kappa shape index (κ2) is 32.0. The minimum Gasteiger partial charge on any atom is -0.274 e. The van der Waals surface area contributed by atoms with Gasteiger partial charge in [-0.05, 0) is 139 Å². The lowest BCUT2D eigenvalue weighted by Gasteiger charge is -2.41. The molecule has 0 saturated heterocycles. The normalized spacial score (nSPS) is 18.7. The third-order valence-electron chi connectivity index (χ3n) is 22.3. The molecule has 0 bridgehead atoms. The summed E-state index contributed by atoms with van der Waals surface area (Å²) in [6.45, 7) is 25.9. The number of benzene rings is 1. The lowest BCUT2D eigenvalue weighted by molar-refractivity contribution is 0.0636. The van der Waals surface area contributed by atoms with E-state index in [1.54, 1.807) is 58.1 Å². The molecule has 1 aliphatic carbocycles. The smallest absolute Gasteiger partial charge is 0.263 e. The van der Waals surface area contributed by atoms with Crippen LogP contribution in [-0.2, 0) is 6.42 Å². The number of amides is 4. The highest BCUT2D eigenvalue weighted by molar-refractivity contribution is 7.34. The molecule has 506 valence electrons. The van der Waals surface area contributed by atoms with Gasteiger partial charge in [-0.1, -0.05) is 227 Å². The Morgan fingerprint density at radius 1 is 0.426 bits per heavy atom. The minimum atomic E-state index is -2.36. The molecule has 4 unspecified atom stereocenters. The summed E-state index contributed by atoms with van der Waals surface area (Å²) in [7, 11) is -4.39. The number of carbonyl (C=O) groups excluding carboxylic acids is 4. The number of unbranched alkanes of at least 4 members (excludes halogenated alkanes) is 13. The van der Waals surface area contributed by atoms with E-state index in [1.807, 2.05) is 52.3 Å². The first kappa shape index (κ1) is 71.4. The molecule has 94 heavy (non-hydrogen) atoms. The van der Waals surface area contributed by atoms with Crippen LogP contribution >= 0.6 is 68.0 Å². The van der Waals surface area contributed by atoms with Crippen LogP contribution in [0.4, 0.5) is 0 Å². The standard InChI is InChI=1S/C42H55NO2S3Si.C38H53NO2S3Si/c1-7-11-14-15-16-17-24-43-41(44)36-29(6)47-38(37(36)42(43)45)33-26-35-40(48-33)39-34(25-28(5)46-39)49(35,27-30(10-4)18-12-8-2)32-22-20-31(21-23-32)19-13-9-3;1-6-9-11-12-13-17-21-39-37(40)32-26(5)43-34(33(32)38(39)41)29-23-31-36(44-29)35-30(22-25(4)42-35)45(31,28-19-15-14-16-20-28)24-27(8-3)18-10-7-2/h20-23,25-26,30H,7-19,24,27H2,1-6H3;22-23,27-28H,6-21,24H2,1-5H3. The first-order valence-corrected chi connectivity index (χ1v) is 46.6. The molecular formula is C80H108N2O4S6Si2. The fraction of sp³-hybridized carbons (Fsp3) is 0.575. The zero-order chi connectivity index (χ0) is 66.4. The molecule has 0 radical (unpaired) electrons. The van der Waals surface area contributed by atoms with Crippen molar-refractivity contribution in [1.29, 1.82) is 0 Å². The van der Waals surface area contributed by atoms with Gasteiger partial charge >= 0.3 is 0 Å². The molecule has 4 amide bonds. The van der Waals surface area contributed by atoms with E-state index < -0.39 is 16.1 Å². The molecular weight excluding hydrogens is 1300 g/mol. The second-order valence-electron chi connectivity index (χ2n) is 28.7. The molecule has 10 heterocycles. The van der Waals surface area contributed by atoms with E-state index in [0.717, 1.165) is 63.1 Å². The fourth-order valence-corrected chi connectivity index (χ4v) is 39.6. The van der Waals surface area contributed by atoms with Gasteiger partial charge in [0.15, 0.2) is 8.07 Å². The maximum absolute atomic E-state index is 14.0. The maximum Gasteiger partial charge on any atom is 0.263 e. The number of hydrogen-bond donors (Lipinski definition) is 0. The Labute approximate surface area is 591 Å². The number of rotatable bonds is 33. The largest absolute Gasteiger partial charge is 0.274 e. The molecule has 6 nitrogen and oxygen atoms in total. The van der Waals surface area contributed by atoms with Crippen LogP contribution in [0.3, 0.4) is 0 Å². The monoisotopic (exact) mass is 1410 g/mol. The summed E-state index contributed by atoms with van der Waals surface area (Å²) in [5.74, 6) is 1.19. The number of fused-ring (bicyclic) bond motifs is 8. The predicted molar refractivity (Wildman–Crippen MR) is 416 cm³/mol. The molecule has 5 aliphatic rings. The van der Waals surface area contributed by atoms with Crippen molar-refractivity contribution in [1.82, 2.24) is 9.80 Å². The molecule has 12 rings (SSSR count). The van der Waals surface area contributed by atoms with Gasteiger partial charge < -0.3 is 0 Å². The average molecular weight is 1410 g/mol. The van der Waals surface area contributed by atoms with Crippen molar-refractivity contribution in [3.63, 3.8) is 0 Å². The number of aryl methyl sites for hydroxylation is 5. The highest BCUT2D eigenvalue weighted by Gasteiger charge is 2.55. The van der Waals surface area contributed by atoms with E-state index in [0.29, 0.717) is 41.3 Å². The Kier molecular flexibility index (Phi) is 24.3. The van der Waals surface area contributed by atoms with Crippen LogP contribution in [-0.4, -0.2) is 62.7 Å². The number of hydrogen-bond acceptors (Lipinski definition) is 10. The highest BCUT2D eigenvalue weighted by Crippen LogP contribution is 2.54. The Balaban J connectivity index is 0.000000192. The zero-order valence-electron chi connectivity index (χ0n) is 59.0. The van der Waals surface area contributed by atoms with E-state index in [2.05, 4.69) is 118 Å². The van der Waals surface area contributed by atoms with Crippen LogP contribution in [0.1, 0.15) is 288 Å². The van der Waals surface area contributed by atoms with Crippen molar-refractivity contribution in [3.8, 4) is 39.0 Å². The van der Waals surface area contributed by atoms with E-state index in [-0.39, 0.29) is 23.6 Å². The van der Waals surface area contributed by atoms with E-state index >= 15 is 0 Å². The van der Waals surface area contributed by atoms with Crippen molar-refractivity contribution >= 4 is 134 Å². The molecule has 0 N–H and O–H groups in total. The van der Waals surface area contributed by atoms with Crippen LogP contribution < -0.4 is 25.9 Å². The fourth-order valence-electron chi connectivity index (χ4n) is 17.1. The van der Waals surface area contributed by atoms with Gasteiger partial charge in [-0.15, -0.1) is 68.0 Å². The molecule has 6 aromatic heterocycles. The van der Waals surface area contributed by atoms with Crippen LogP contribution in [0.15, 0.2) is 48.5 Å². The first-order chi connectivity index (χ1) is 45.6. The van der Waals surface area contributed by atoms with Crippen LogP contribution in [0.2, 0.25) is 17.6 Å². The van der Waals surface area contributed by atoms with Gasteiger partial charge in [0.1, 0.15) is 8.07 Å². The number of imide groups is 2. The molecule has 14 heteroatoms. The van der Waals surface area contributed by atoms with Crippen LogP contribution in [0, 0.1) is 39.5 Å². The quantitative estimate of drug-likeness (QED) is 0.0233. The molecule has 1 fully saturated rings. The average Bonchev–Trinajstić information content (AvgIpc) is 1.54. The third kappa shape index (κ3) is 13.8. The Morgan fingerprint density at radius 3 is 1.35 bits per heavy atom. The van der Waals surface area contributed by atoms with Gasteiger partial charge in [-0.25, -0.2) is 0 Å². The van der Waals surface area contributed by atoms with Crippen molar-refractivity contribution < 1.29 is 19.2 Å². The Bertz CT molecular complexity index is 3790. The number of carbonyl (C=O) groups is 4. The van der Waals surface area contributed by atoms with E-state index in [9.17, 15) is 19.2 Å². The molecule has 1 aromatic carbocycles. The molecule has 0 spiro atoms. The van der Waals surface area contributed by atoms with Gasteiger partial charge in [-0.2, -0.15) is 0 Å². The van der Waals surface area contributed by atoms with E-state index in [1.165, 1.54) is 205 Å². The van der Waals surface area contributed by atoms with Crippen molar-refractivity contribution in [2.45, 2.75) is 274 Å². The van der Waals surface area contributed by atoms with E-state index in [4.69, 9.17) is 0 Å². The molecule has 4 atom stereocenters. The summed E-state index contributed by atoms with van der Waals surface area (Å²) in [6, 6.07) is 22.6. The Hall–Kier alpha value is -3.87.